The van der Waals surface area contributed by atoms with Crippen LogP contribution in [0.2, 0.25) is 0 Å². The minimum atomic E-state index is -4.10. The molecule has 2 aromatic carbocycles. The fraction of sp³-hybridized carbons (Fsp3) is 0.292. The van der Waals surface area contributed by atoms with Gasteiger partial charge in [-0.25, -0.2) is 27.5 Å². The molecule has 0 aliphatic heterocycles. The van der Waals surface area contributed by atoms with Gasteiger partial charge in [-0.2, -0.15) is 5.10 Å². The lowest BCUT2D eigenvalue weighted by Gasteiger charge is -2.13. The number of ether oxygens (including phenoxy) is 1. The summed E-state index contributed by atoms with van der Waals surface area (Å²) in [5, 5.41) is 5.29. The van der Waals surface area contributed by atoms with Gasteiger partial charge in [-0.05, 0) is 49.6 Å². The van der Waals surface area contributed by atoms with Crippen LogP contribution in [0.1, 0.15) is 37.3 Å². The van der Waals surface area contributed by atoms with Gasteiger partial charge >= 0.3 is 0 Å². The SMILES string of the molecule is COc1cc(C)ccc1S(=O)(=O)Nc1ccc(-c2nn(C3CCCC3)c3ncnc(N)c23)cc1F. The second-order valence-electron chi connectivity index (χ2n) is 8.64. The van der Waals surface area contributed by atoms with Gasteiger partial charge in [-0.3, -0.25) is 4.72 Å². The van der Waals surface area contributed by atoms with E-state index < -0.39 is 15.8 Å². The van der Waals surface area contributed by atoms with Gasteiger partial charge in [0.25, 0.3) is 10.0 Å². The minimum Gasteiger partial charge on any atom is -0.495 e. The number of benzene rings is 2. The maximum absolute atomic E-state index is 15.2. The van der Waals surface area contributed by atoms with Crippen molar-refractivity contribution in [1.29, 1.82) is 0 Å². The lowest BCUT2D eigenvalue weighted by Crippen LogP contribution is -2.15. The number of nitrogens with zero attached hydrogens (tertiary/aromatic N) is 4. The van der Waals surface area contributed by atoms with Gasteiger partial charge in [-0.15, -0.1) is 0 Å². The topological polar surface area (TPSA) is 125 Å². The molecule has 1 fully saturated rings. The smallest absolute Gasteiger partial charge is 0.265 e. The van der Waals surface area contributed by atoms with Crippen molar-refractivity contribution in [3.8, 4) is 17.0 Å². The Kier molecular flexibility index (Phi) is 5.79. The first-order valence-electron chi connectivity index (χ1n) is 11.2. The number of methoxy groups -OCH3 is 1. The molecule has 1 aliphatic carbocycles. The molecular formula is C24H25FN6O3S. The van der Waals surface area contributed by atoms with E-state index in [0.717, 1.165) is 31.2 Å². The molecule has 0 spiro atoms. The number of sulfonamides is 1. The van der Waals surface area contributed by atoms with E-state index in [1.54, 1.807) is 18.2 Å². The Hall–Kier alpha value is -3.73. The number of hydrogen-bond donors (Lipinski definition) is 2. The largest absolute Gasteiger partial charge is 0.495 e. The molecule has 0 amide bonds. The second kappa shape index (κ2) is 8.81. The number of anilines is 2. The molecule has 5 rings (SSSR count). The molecular weight excluding hydrogens is 471 g/mol. The Bertz CT molecular complexity index is 1530. The Morgan fingerprint density at radius 1 is 1.14 bits per heavy atom. The van der Waals surface area contributed by atoms with E-state index in [9.17, 15) is 8.42 Å². The van der Waals surface area contributed by atoms with Crippen molar-refractivity contribution >= 4 is 32.6 Å². The molecule has 0 saturated heterocycles. The third-order valence-corrected chi connectivity index (χ3v) is 7.69. The zero-order valence-electron chi connectivity index (χ0n) is 19.3. The number of fused-ring (bicyclic) bond motifs is 1. The van der Waals surface area contributed by atoms with Crippen LogP contribution in [0, 0.1) is 12.7 Å². The summed E-state index contributed by atoms with van der Waals surface area (Å²) in [4.78, 5) is 8.40. The van der Waals surface area contributed by atoms with E-state index in [0.29, 0.717) is 22.3 Å². The third kappa shape index (κ3) is 4.16. The molecule has 2 aromatic heterocycles. The summed E-state index contributed by atoms with van der Waals surface area (Å²) in [5.74, 6) is -0.323. The highest BCUT2D eigenvalue weighted by Gasteiger charge is 2.26. The summed E-state index contributed by atoms with van der Waals surface area (Å²) >= 11 is 0. The van der Waals surface area contributed by atoms with Crippen molar-refractivity contribution in [3.63, 3.8) is 0 Å². The Balaban J connectivity index is 1.53. The van der Waals surface area contributed by atoms with Crippen molar-refractivity contribution in [2.75, 3.05) is 17.6 Å². The summed E-state index contributed by atoms with van der Waals surface area (Å²) in [6.45, 7) is 1.82. The van der Waals surface area contributed by atoms with Crippen molar-refractivity contribution in [2.45, 2.75) is 43.5 Å². The molecule has 2 heterocycles. The lowest BCUT2D eigenvalue weighted by molar-refractivity contribution is 0.402. The van der Waals surface area contributed by atoms with E-state index in [1.165, 1.54) is 31.6 Å². The zero-order valence-corrected chi connectivity index (χ0v) is 20.1. The summed E-state index contributed by atoms with van der Waals surface area (Å²) in [6.07, 6.45) is 5.58. The van der Waals surface area contributed by atoms with E-state index in [2.05, 4.69) is 14.7 Å². The maximum atomic E-state index is 15.2. The lowest BCUT2D eigenvalue weighted by atomic mass is 10.1. The quantitative estimate of drug-likeness (QED) is 0.404. The van der Waals surface area contributed by atoms with Crippen molar-refractivity contribution in [3.05, 3.63) is 54.1 Å². The number of aromatic nitrogens is 4. The molecule has 0 unspecified atom stereocenters. The van der Waals surface area contributed by atoms with Crippen LogP contribution in [0.25, 0.3) is 22.3 Å². The minimum absolute atomic E-state index is 0.0831. The van der Waals surface area contributed by atoms with Crippen molar-refractivity contribution in [1.82, 2.24) is 19.7 Å². The molecule has 1 saturated carbocycles. The number of hydrogen-bond acceptors (Lipinski definition) is 7. The highest BCUT2D eigenvalue weighted by atomic mass is 32.2. The molecule has 35 heavy (non-hydrogen) atoms. The zero-order chi connectivity index (χ0) is 24.7. The first-order valence-corrected chi connectivity index (χ1v) is 12.7. The third-order valence-electron chi connectivity index (χ3n) is 6.28. The predicted molar refractivity (Wildman–Crippen MR) is 131 cm³/mol. The maximum Gasteiger partial charge on any atom is 0.265 e. The number of halogens is 1. The second-order valence-corrected chi connectivity index (χ2v) is 10.3. The fourth-order valence-corrected chi connectivity index (χ4v) is 5.76. The van der Waals surface area contributed by atoms with Crippen LogP contribution >= 0.6 is 0 Å². The van der Waals surface area contributed by atoms with Gasteiger partial charge in [0, 0.05) is 5.56 Å². The number of aryl methyl sites for hydroxylation is 1. The summed E-state index contributed by atoms with van der Waals surface area (Å²) in [6, 6.07) is 9.07. The number of rotatable bonds is 6. The number of nitrogens with one attached hydrogen (secondary N) is 1. The number of nitrogens with two attached hydrogens (primary N) is 1. The first-order chi connectivity index (χ1) is 16.8. The molecule has 0 atom stereocenters. The molecule has 11 heteroatoms. The van der Waals surface area contributed by atoms with Crippen LogP contribution in [0.15, 0.2) is 47.6 Å². The van der Waals surface area contributed by atoms with Gasteiger partial charge in [-0.1, -0.05) is 25.0 Å². The molecule has 182 valence electrons. The molecule has 9 nitrogen and oxygen atoms in total. The van der Waals surface area contributed by atoms with Crippen LogP contribution in [0.3, 0.4) is 0 Å². The van der Waals surface area contributed by atoms with Crippen molar-refractivity contribution < 1.29 is 17.5 Å². The molecule has 0 radical (unpaired) electrons. The van der Waals surface area contributed by atoms with Gasteiger partial charge < -0.3 is 10.5 Å². The predicted octanol–water partition coefficient (Wildman–Crippen LogP) is 4.45. The van der Waals surface area contributed by atoms with E-state index >= 15 is 4.39 Å². The van der Waals surface area contributed by atoms with Gasteiger partial charge in [0.05, 0.1) is 24.2 Å². The van der Waals surface area contributed by atoms with Gasteiger partial charge in [0.2, 0.25) is 0 Å². The van der Waals surface area contributed by atoms with Crippen LogP contribution in [0.5, 0.6) is 5.75 Å². The number of nitrogen functional groups attached to an aromatic ring is 1. The normalized spacial score (nSPS) is 14.5. The Morgan fingerprint density at radius 2 is 1.91 bits per heavy atom. The molecule has 4 aromatic rings. The van der Waals surface area contributed by atoms with Gasteiger partial charge in [0.15, 0.2) is 5.65 Å². The summed E-state index contributed by atoms with van der Waals surface area (Å²) < 4.78 is 50.5. The average molecular weight is 497 g/mol. The van der Waals surface area contributed by atoms with Crippen LogP contribution < -0.4 is 15.2 Å². The van der Waals surface area contributed by atoms with Gasteiger partial charge in [0.1, 0.15) is 34.3 Å². The highest BCUT2D eigenvalue weighted by Crippen LogP contribution is 2.37. The summed E-state index contributed by atoms with van der Waals surface area (Å²) in [5.41, 5.74) is 8.31. The van der Waals surface area contributed by atoms with Crippen LogP contribution in [0.4, 0.5) is 15.9 Å². The van der Waals surface area contributed by atoms with E-state index in [4.69, 9.17) is 15.6 Å². The molecule has 1 aliphatic rings. The van der Waals surface area contributed by atoms with Crippen LogP contribution in [-0.4, -0.2) is 35.3 Å². The highest BCUT2D eigenvalue weighted by molar-refractivity contribution is 7.92. The molecule has 0 bridgehead atoms. The standard InChI is InChI=1S/C24H25FN6O3S/c1-14-7-10-20(19(11-14)34-2)35(32,33)30-18-9-8-15(12-17(18)25)22-21-23(26)27-13-28-24(21)31(29-22)16-5-3-4-6-16/h7-13,16,30H,3-6H2,1-2H3,(H2,26,27,28). The van der Waals surface area contributed by atoms with E-state index in [1.807, 2.05) is 11.6 Å². The monoisotopic (exact) mass is 496 g/mol. The van der Waals surface area contributed by atoms with Crippen molar-refractivity contribution in [2.24, 2.45) is 0 Å². The fourth-order valence-electron chi connectivity index (χ4n) is 4.54. The summed E-state index contributed by atoms with van der Waals surface area (Å²) in [7, 11) is -2.71. The average Bonchev–Trinajstić information content (AvgIpc) is 3.49. The first kappa shape index (κ1) is 23.0. The molecule has 3 N–H and O–H groups in total. The Morgan fingerprint density at radius 3 is 2.63 bits per heavy atom. The van der Waals surface area contributed by atoms with Crippen LogP contribution in [-0.2, 0) is 10.0 Å². The van der Waals surface area contributed by atoms with E-state index in [-0.39, 0.29) is 28.2 Å². The Labute approximate surface area is 202 Å².